The Labute approximate surface area is 291 Å². The molecule has 0 spiro atoms. The quantitative estimate of drug-likeness (QED) is 0.192. The van der Waals surface area contributed by atoms with Gasteiger partial charge in [-0.1, -0.05) is 147 Å². The van der Waals surface area contributed by atoms with Gasteiger partial charge in [0.05, 0.1) is 21.9 Å². The third kappa shape index (κ3) is 4.23. The van der Waals surface area contributed by atoms with E-state index < -0.39 is 0 Å². The van der Waals surface area contributed by atoms with Crippen LogP contribution in [0.15, 0.2) is 164 Å². The van der Waals surface area contributed by atoms with Gasteiger partial charge in [-0.3, -0.25) is 4.57 Å². The van der Waals surface area contributed by atoms with Crippen molar-refractivity contribution in [1.82, 2.24) is 14.5 Å². The van der Waals surface area contributed by atoms with Gasteiger partial charge in [-0.25, -0.2) is 9.97 Å². The molecule has 0 atom stereocenters. The molecule has 3 heteroatoms. The van der Waals surface area contributed by atoms with E-state index >= 15 is 0 Å². The molecule has 3 nitrogen and oxygen atoms in total. The van der Waals surface area contributed by atoms with Gasteiger partial charge in [0.2, 0.25) is 0 Å². The van der Waals surface area contributed by atoms with E-state index in [4.69, 9.17) is 9.97 Å². The topological polar surface area (TPSA) is 30.7 Å². The highest BCUT2D eigenvalue weighted by molar-refractivity contribution is 6.12. The number of fused-ring (bicyclic) bond motifs is 8. The average Bonchev–Trinajstić information content (AvgIpc) is 3.63. The number of hydrogen-bond acceptors (Lipinski definition) is 2. The van der Waals surface area contributed by atoms with Gasteiger partial charge in [-0.2, -0.15) is 0 Å². The standard InChI is InChI=1S/C47H33N3/c1-47(2)38-23-9-6-22-37(38)43-39(47)26-27-40-44(43)46(50-41-24-10-7-20-35(41)36-21-8-11-25-42(36)50)49-45(48-40)34-19-13-18-33(29-34)32-17-12-16-31(28-32)30-14-4-3-5-15-30/h3-29H,1-2H3. The molecule has 1 aliphatic carbocycles. The smallest absolute Gasteiger partial charge is 0.162 e. The van der Waals surface area contributed by atoms with Gasteiger partial charge in [0, 0.05) is 21.8 Å². The summed E-state index contributed by atoms with van der Waals surface area (Å²) in [5.41, 5.74) is 13.9. The maximum absolute atomic E-state index is 5.56. The summed E-state index contributed by atoms with van der Waals surface area (Å²) in [6.45, 7) is 4.66. The van der Waals surface area contributed by atoms with E-state index in [-0.39, 0.29) is 5.41 Å². The zero-order valence-electron chi connectivity index (χ0n) is 27.9. The minimum absolute atomic E-state index is 0.139. The Kier molecular flexibility index (Phi) is 6.22. The first-order valence-corrected chi connectivity index (χ1v) is 17.3. The van der Waals surface area contributed by atoms with Crippen LogP contribution < -0.4 is 0 Å². The van der Waals surface area contributed by atoms with Crippen LogP contribution in [0.1, 0.15) is 25.0 Å². The molecule has 9 aromatic rings. The lowest BCUT2D eigenvalue weighted by Crippen LogP contribution is -2.15. The second kappa shape index (κ2) is 10.8. The van der Waals surface area contributed by atoms with Crippen molar-refractivity contribution in [1.29, 1.82) is 0 Å². The summed E-state index contributed by atoms with van der Waals surface area (Å²) in [5, 5.41) is 3.51. The van der Waals surface area contributed by atoms with Crippen LogP contribution in [0, 0.1) is 0 Å². The second-order valence-electron chi connectivity index (χ2n) is 13.8. The van der Waals surface area contributed by atoms with Crippen LogP contribution in [0.3, 0.4) is 0 Å². The van der Waals surface area contributed by atoms with E-state index in [1.807, 2.05) is 0 Å². The molecule has 0 unspecified atom stereocenters. The van der Waals surface area contributed by atoms with E-state index in [9.17, 15) is 0 Å². The average molecular weight is 640 g/mol. The first-order chi connectivity index (χ1) is 24.6. The van der Waals surface area contributed by atoms with Crippen LogP contribution in [-0.2, 0) is 5.41 Å². The molecule has 0 amide bonds. The van der Waals surface area contributed by atoms with Crippen LogP contribution in [0.25, 0.3) is 83.3 Å². The summed E-state index contributed by atoms with van der Waals surface area (Å²) in [6, 6.07) is 58.6. The van der Waals surface area contributed by atoms with Crippen LogP contribution in [0.2, 0.25) is 0 Å². The summed E-state index contributed by atoms with van der Waals surface area (Å²) in [7, 11) is 0. The molecular formula is C47H33N3. The number of rotatable bonds is 4. The Bertz CT molecular complexity index is 2730. The summed E-state index contributed by atoms with van der Waals surface area (Å²) in [6.07, 6.45) is 0. The number of benzene rings is 7. The van der Waals surface area contributed by atoms with Crippen molar-refractivity contribution in [2.24, 2.45) is 0 Å². The molecule has 2 aromatic heterocycles. The van der Waals surface area contributed by atoms with E-state index in [2.05, 4.69) is 182 Å². The molecular weight excluding hydrogens is 607 g/mol. The van der Waals surface area contributed by atoms with Gasteiger partial charge < -0.3 is 0 Å². The van der Waals surface area contributed by atoms with Crippen molar-refractivity contribution in [2.45, 2.75) is 19.3 Å². The largest absolute Gasteiger partial charge is 0.293 e. The van der Waals surface area contributed by atoms with E-state index in [0.29, 0.717) is 5.82 Å². The molecule has 10 rings (SSSR count). The molecule has 0 saturated carbocycles. The first kappa shape index (κ1) is 28.7. The molecule has 1 aliphatic rings. The lowest BCUT2D eigenvalue weighted by atomic mass is 9.82. The summed E-state index contributed by atoms with van der Waals surface area (Å²) < 4.78 is 2.36. The normalized spacial score (nSPS) is 13.2. The zero-order valence-corrected chi connectivity index (χ0v) is 27.9. The molecule has 2 heterocycles. The van der Waals surface area contributed by atoms with Gasteiger partial charge in [-0.15, -0.1) is 0 Å². The van der Waals surface area contributed by atoms with Gasteiger partial charge in [0.25, 0.3) is 0 Å². The number of nitrogens with zero attached hydrogens (tertiary/aromatic N) is 3. The minimum atomic E-state index is -0.139. The molecule has 0 radical (unpaired) electrons. The molecule has 0 aliphatic heterocycles. The van der Waals surface area contributed by atoms with Crippen molar-refractivity contribution in [2.75, 3.05) is 0 Å². The maximum Gasteiger partial charge on any atom is 0.162 e. The Morgan fingerprint density at radius 3 is 1.74 bits per heavy atom. The Balaban J connectivity index is 1.25. The highest BCUT2D eigenvalue weighted by Crippen LogP contribution is 2.52. The van der Waals surface area contributed by atoms with Crippen LogP contribution in [0.5, 0.6) is 0 Å². The third-order valence-electron chi connectivity index (χ3n) is 10.6. The Morgan fingerprint density at radius 1 is 0.460 bits per heavy atom. The summed E-state index contributed by atoms with van der Waals surface area (Å²) in [5.74, 6) is 1.61. The lowest BCUT2D eigenvalue weighted by molar-refractivity contribution is 0.661. The maximum atomic E-state index is 5.56. The van der Waals surface area contributed by atoms with Gasteiger partial charge >= 0.3 is 0 Å². The van der Waals surface area contributed by atoms with Crippen molar-refractivity contribution < 1.29 is 0 Å². The highest BCUT2D eigenvalue weighted by atomic mass is 15.1. The fraction of sp³-hybridized carbons (Fsp3) is 0.0638. The van der Waals surface area contributed by atoms with Crippen molar-refractivity contribution in [3.05, 3.63) is 175 Å². The highest BCUT2D eigenvalue weighted by Gasteiger charge is 2.37. The number of hydrogen-bond donors (Lipinski definition) is 0. The predicted molar refractivity (Wildman–Crippen MR) is 208 cm³/mol. The number of aromatic nitrogens is 3. The Hall–Kier alpha value is -6.32. The van der Waals surface area contributed by atoms with Gasteiger partial charge in [0.1, 0.15) is 5.82 Å². The molecule has 50 heavy (non-hydrogen) atoms. The number of para-hydroxylation sites is 2. The van der Waals surface area contributed by atoms with Gasteiger partial charge in [0.15, 0.2) is 5.82 Å². The zero-order chi connectivity index (χ0) is 33.4. The first-order valence-electron chi connectivity index (χ1n) is 17.3. The summed E-state index contributed by atoms with van der Waals surface area (Å²) >= 11 is 0. The molecule has 7 aromatic carbocycles. The second-order valence-corrected chi connectivity index (χ2v) is 13.8. The third-order valence-corrected chi connectivity index (χ3v) is 10.6. The lowest BCUT2D eigenvalue weighted by Gasteiger charge is -2.22. The Morgan fingerprint density at radius 2 is 1.02 bits per heavy atom. The van der Waals surface area contributed by atoms with Crippen LogP contribution >= 0.6 is 0 Å². The van der Waals surface area contributed by atoms with E-state index in [1.165, 1.54) is 44.2 Å². The van der Waals surface area contributed by atoms with Crippen LogP contribution in [0.4, 0.5) is 0 Å². The molecule has 0 fully saturated rings. The fourth-order valence-electron chi connectivity index (χ4n) is 8.19. The van der Waals surface area contributed by atoms with E-state index in [0.717, 1.165) is 44.4 Å². The monoisotopic (exact) mass is 639 g/mol. The molecule has 0 saturated heterocycles. The van der Waals surface area contributed by atoms with Crippen molar-refractivity contribution in [3.63, 3.8) is 0 Å². The summed E-state index contributed by atoms with van der Waals surface area (Å²) in [4.78, 5) is 10.9. The van der Waals surface area contributed by atoms with Gasteiger partial charge in [-0.05, 0) is 74.8 Å². The molecule has 0 bridgehead atoms. The fourth-order valence-corrected chi connectivity index (χ4v) is 8.19. The van der Waals surface area contributed by atoms with E-state index in [1.54, 1.807) is 0 Å². The SMILES string of the molecule is CC1(C)c2ccccc2-c2c1ccc1nc(-c3cccc(-c4cccc(-c5ccccc5)c4)c3)nc(-n3c4ccccc4c4ccccc43)c21. The molecule has 0 N–H and O–H groups in total. The minimum Gasteiger partial charge on any atom is -0.293 e. The van der Waals surface area contributed by atoms with Crippen molar-refractivity contribution in [3.8, 4) is 50.6 Å². The predicted octanol–water partition coefficient (Wildman–Crippen LogP) is 12.0. The molecule has 236 valence electrons. The van der Waals surface area contributed by atoms with Crippen molar-refractivity contribution >= 4 is 32.7 Å². The van der Waals surface area contributed by atoms with Crippen LogP contribution in [-0.4, -0.2) is 14.5 Å².